The Morgan fingerprint density at radius 3 is 1.17 bits per heavy atom. The third-order valence-electron chi connectivity index (χ3n) is 0. The van der Waals surface area contributed by atoms with Gasteiger partial charge in [-0.2, -0.15) is 0 Å². The van der Waals surface area contributed by atoms with Crippen molar-refractivity contribution in [3.8, 4) is 0 Å². The highest BCUT2D eigenvalue weighted by molar-refractivity contribution is 8.06. The zero-order valence-electron chi connectivity index (χ0n) is 2.61. The fourth-order valence-corrected chi connectivity index (χ4v) is 0. The second kappa shape index (κ2) is 2.60. The van der Waals surface area contributed by atoms with Crippen molar-refractivity contribution in [2.45, 2.75) is 0 Å². The molecule has 0 amide bonds. The molecule has 0 atom stereocenters. The highest BCUT2D eigenvalue weighted by atomic mass is 32.5. The predicted molar refractivity (Wildman–Crippen MR) is 23.4 cm³/mol. The maximum absolute atomic E-state index is 7.56. The lowest BCUT2D eigenvalue weighted by atomic mass is 15.8. The molecule has 0 rings (SSSR count). The number of halogens is 1. The van der Waals surface area contributed by atoms with Crippen LogP contribution < -0.4 is 0 Å². The summed E-state index contributed by atoms with van der Waals surface area (Å²) in [6.45, 7) is -3.81. The van der Waals surface area contributed by atoms with E-state index < -0.39 is 6.72 Å². The molecule has 0 aromatic rings. The van der Waals surface area contributed by atoms with E-state index in [1.165, 1.54) is 0 Å². The van der Waals surface area contributed by atoms with Gasteiger partial charge in [-0.15, -0.1) is 0 Å². The monoisotopic (exact) mass is 134 g/mol. The highest BCUT2D eigenvalue weighted by Gasteiger charge is 1.92. The zero-order valence-corrected chi connectivity index (χ0v) is 4.32. The van der Waals surface area contributed by atoms with Gasteiger partial charge in [0.05, 0.1) is 0 Å². The van der Waals surface area contributed by atoms with E-state index in [0.717, 1.165) is 0 Å². The maximum Gasteiger partial charge on any atom is 0.319 e. The highest BCUT2D eigenvalue weighted by Crippen LogP contribution is 2.26. The van der Waals surface area contributed by atoms with Gasteiger partial charge < -0.3 is 14.7 Å². The Balaban J connectivity index is 0. The van der Waals surface area contributed by atoms with Crippen molar-refractivity contribution in [2.24, 2.45) is 0 Å². The van der Waals surface area contributed by atoms with Crippen LogP contribution in [0.15, 0.2) is 0 Å². The van der Waals surface area contributed by atoms with Crippen molar-refractivity contribution < 1.29 is 19.4 Å². The molecule has 0 aliphatic heterocycles. The normalized spacial score (nSPS) is 9.83. The van der Waals surface area contributed by atoms with Crippen molar-refractivity contribution in [2.75, 3.05) is 0 Å². The van der Waals surface area contributed by atoms with Crippen LogP contribution in [0.2, 0.25) is 0 Å². The topological polar surface area (TPSA) is 60.7 Å². The van der Waals surface area contributed by atoms with Crippen LogP contribution in [-0.4, -0.2) is 14.7 Å². The van der Waals surface area contributed by atoms with Crippen LogP contribution in [0.4, 0.5) is 4.70 Å². The summed E-state index contributed by atoms with van der Waals surface area (Å²) in [6, 6.07) is 0. The Labute approximate surface area is 38.9 Å². The van der Waals surface area contributed by atoms with E-state index in [9.17, 15) is 0 Å². The Bertz CT molecular complexity index is 56.9. The molecule has 0 radical (unpaired) electrons. The summed E-state index contributed by atoms with van der Waals surface area (Å²) in [5.74, 6) is 0. The lowest BCUT2D eigenvalue weighted by Crippen LogP contribution is -1.65. The van der Waals surface area contributed by atoms with E-state index in [1.54, 1.807) is 0 Å². The first-order valence-corrected chi connectivity index (χ1v) is 3.44. The van der Waals surface area contributed by atoms with Crippen LogP contribution in [0.1, 0.15) is 0 Å². The van der Waals surface area contributed by atoms with Crippen LogP contribution in [0.25, 0.3) is 0 Å². The lowest BCUT2D eigenvalue weighted by Gasteiger charge is -1.88. The maximum atomic E-state index is 7.56. The third kappa shape index (κ3) is 252. The second-order valence-corrected chi connectivity index (χ2v) is 3.01. The average Bonchev–Trinajstić information content (AvgIpc) is 0.722. The standard InChI is InChI=1S/FH.H3O3PS/c;1-4(2,3)5/h1H;(H3,1,2,3,5). The van der Waals surface area contributed by atoms with Crippen LogP contribution >= 0.6 is 6.72 Å². The summed E-state index contributed by atoms with van der Waals surface area (Å²) in [7, 11) is 0. The molecule has 3 nitrogen and oxygen atoms in total. The molecule has 0 spiro atoms. The molecule has 0 saturated carbocycles. The molecule has 0 saturated heterocycles. The smallest absolute Gasteiger partial charge is 0.319 e. The Kier molecular flexibility index (Phi) is 4.20. The molecule has 0 bridgehead atoms. The summed E-state index contributed by atoms with van der Waals surface area (Å²) < 4.78 is 0. The SMILES string of the molecule is F.OP(O)(O)=S. The summed E-state index contributed by atoms with van der Waals surface area (Å²) >= 11 is 3.60. The minimum atomic E-state index is -3.81. The van der Waals surface area contributed by atoms with E-state index in [0.29, 0.717) is 0 Å². The first kappa shape index (κ1) is 9.68. The van der Waals surface area contributed by atoms with E-state index >= 15 is 0 Å². The molecule has 0 aromatic heterocycles. The molecule has 0 aliphatic rings. The van der Waals surface area contributed by atoms with Crippen LogP contribution in [0.5, 0.6) is 0 Å². The summed E-state index contributed by atoms with van der Waals surface area (Å²) in [6.07, 6.45) is 0. The first-order valence-electron chi connectivity index (χ1n) is 0.783. The fraction of sp³-hybridized carbons (Fsp3) is 0. The van der Waals surface area contributed by atoms with Gasteiger partial charge in [-0.25, -0.2) is 0 Å². The Morgan fingerprint density at radius 1 is 1.17 bits per heavy atom. The molecule has 0 fully saturated rings. The quantitative estimate of drug-likeness (QED) is 0.385. The molecule has 0 heterocycles. The van der Waals surface area contributed by atoms with Gasteiger partial charge in [0, 0.05) is 0 Å². The van der Waals surface area contributed by atoms with Crippen molar-refractivity contribution in [1.82, 2.24) is 0 Å². The minimum absolute atomic E-state index is 0. The van der Waals surface area contributed by atoms with Gasteiger partial charge in [-0.1, -0.05) is 0 Å². The van der Waals surface area contributed by atoms with Gasteiger partial charge in [0.1, 0.15) is 0 Å². The van der Waals surface area contributed by atoms with Gasteiger partial charge in [-0.05, 0) is 11.8 Å². The first-order chi connectivity index (χ1) is 2.00. The second-order valence-electron chi connectivity index (χ2n) is 0.513. The van der Waals surface area contributed by atoms with Crippen molar-refractivity contribution in [3.63, 3.8) is 0 Å². The van der Waals surface area contributed by atoms with Gasteiger partial charge >= 0.3 is 6.72 Å². The van der Waals surface area contributed by atoms with Crippen LogP contribution in [-0.2, 0) is 11.8 Å². The van der Waals surface area contributed by atoms with Crippen LogP contribution in [0.3, 0.4) is 0 Å². The summed E-state index contributed by atoms with van der Waals surface area (Å²) in [4.78, 5) is 22.7. The predicted octanol–water partition coefficient (Wildman–Crippen LogP) is -0.660. The van der Waals surface area contributed by atoms with E-state index in [2.05, 4.69) is 11.8 Å². The largest absolute Gasteiger partial charge is 0.325 e. The molecular weight excluding hydrogens is 130 g/mol. The Morgan fingerprint density at radius 2 is 1.17 bits per heavy atom. The molecule has 6 heteroatoms. The lowest BCUT2D eigenvalue weighted by molar-refractivity contribution is 0.363. The van der Waals surface area contributed by atoms with Crippen LogP contribution in [0, 0.1) is 0 Å². The van der Waals surface area contributed by atoms with Gasteiger partial charge in [0.25, 0.3) is 0 Å². The molecule has 3 N–H and O–H groups in total. The van der Waals surface area contributed by atoms with Crippen molar-refractivity contribution in [1.29, 1.82) is 0 Å². The molecule has 0 aromatic carbocycles. The summed E-state index contributed by atoms with van der Waals surface area (Å²) in [5.41, 5.74) is 0. The minimum Gasteiger partial charge on any atom is -0.325 e. The Hall–Kier alpha value is 0.460. The fourth-order valence-electron chi connectivity index (χ4n) is 0. The van der Waals surface area contributed by atoms with E-state index in [4.69, 9.17) is 14.7 Å². The number of rotatable bonds is 0. The molecule has 40 valence electrons. The zero-order chi connectivity index (χ0) is 4.50. The number of hydrogen-bond acceptors (Lipinski definition) is 1. The van der Waals surface area contributed by atoms with Crippen molar-refractivity contribution in [3.05, 3.63) is 0 Å². The molecular formula is H4FO3PS. The molecule has 0 aliphatic carbocycles. The number of hydrogen-bond donors (Lipinski definition) is 3. The van der Waals surface area contributed by atoms with Gasteiger partial charge in [0.15, 0.2) is 0 Å². The average molecular weight is 134 g/mol. The summed E-state index contributed by atoms with van der Waals surface area (Å²) in [5, 5.41) is 0. The van der Waals surface area contributed by atoms with E-state index in [1.807, 2.05) is 0 Å². The molecule has 0 unspecified atom stereocenters. The molecule has 6 heavy (non-hydrogen) atoms. The van der Waals surface area contributed by atoms with Crippen molar-refractivity contribution >= 4 is 18.5 Å². The van der Waals surface area contributed by atoms with Gasteiger partial charge in [-0.3, -0.25) is 4.70 Å². The third-order valence-corrected chi connectivity index (χ3v) is 0. The van der Waals surface area contributed by atoms with Gasteiger partial charge in [0.2, 0.25) is 0 Å². The van der Waals surface area contributed by atoms with E-state index in [-0.39, 0.29) is 4.70 Å².